The van der Waals surface area contributed by atoms with E-state index in [4.69, 9.17) is 0 Å². The molecule has 1 saturated heterocycles. The van der Waals surface area contributed by atoms with Gasteiger partial charge in [-0.2, -0.15) is 5.10 Å². The van der Waals surface area contributed by atoms with Crippen molar-refractivity contribution in [2.45, 2.75) is 25.8 Å². The van der Waals surface area contributed by atoms with Crippen LogP contribution in [0.15, 0.2) is 6.20 Å². The Labute approximate surface area is 99.6 Å². The third-order valence-corrected chi connectivity index (χ3v) is 2.83. The Balaban J connectivity index is 0.00000128. The molecule has 0 aliphatic carbocycles. The predicted octanol–water partition coefficient (Wildman–Crippen LogP) is 1.45. The molecule has 16 heavy (non-hydrogen) atoms. The van der Waals surface area contributed by atoms with Crippen molar-refractivity contribution in [2.24, 2.45) is 0 Å². The molecule has 0 radical (unpaired) electrons. The Kier molecular flexibility index (Phi) is 4.26. The smallest absolute Gasteiger partial charge is 0.309 e. The molecule has 0 unspecified atom stereocenters. The third-order valence-electron chi connectivity index (χ3n) is 2.83. The van der Waals surface area contributed by atoms with Crippen LogP contribution in [0.3, 0.4) is 0 Å². The van der Waals surface area contributed by atoms with Gasteiger partial charge in [-0.25, -0.2) is 0 Å². The van der Waals surface area contributed by atoms with Gasteiger partial charge >= 0.3 is 5.69 Å². The number of rotatable bonds is 2. The first kappa shape index (κ1) is 12.9. The van der Waals surface area contributed by atoms with E-state index >= 15 is 0 Å². The van der Waals surface area contributed by atoms with Gasteiger partial charge < -0.3 is 5.32 Å². The molecule has 1 atom stereocenters. The highest BCUT2D eigenvalue weighted by atomic mass is 35.5. The number of nitrogens with one attached hydrogen (secondary N) is 1. The van der Waals surface area contributed by atoms with Crippen LogP contribution in [0, 0.1) is 17.0 Å². The molecule has 2 rings (SSSR count). The molecule has 0 amide bonds. The van der Waals surface area contributed by atoms with Crippen molar-refractivity contribution in [1.29, 1.82) is 0 Å². The van der Waals surface area contributed by atoms with Crippen molar-refractivity contribution in [3.8, 4) is 0 Å². The lowest BCUT2D eigenvalue weighted by atomic mass is 10.1. The van der Waals surface area contributed by atoms with Gasteiger partial charge in [0, 0.05) is 6.54 Å². The molecule has 1 fully saturated rings. The fourth-order valence-electron chi connectivity index (χ4n) is 2.00. The van der Waals surface area contributed by atoms with E-state index < -0.39 is 0 Å². The van der Waals surface area contributed by atoms with Crippen molar-refractivity contribution in [1.82, 2.24) is 15.1 Å². The summed E-state index contributed by atoms with van der Waals surface area (Å²) in [6, 6.07) is 0.257. The minimum Gasteiger partial charge on any atom is -0.315 e. The minimum absolute atomic E-state index is 0. The molecule has 0 bridgehead atoms. The number of halogens is 1. The van der Waals surface area contributed by atoms with Crippen molar-refractivity contribution in [2.75, 3.05) is 13.1 Å². The summed E-state index contributed by atoms with van der Waals surface area (Å²) in [5, 5.41) is 18.0. The van der Waals surface area contributed by atoms with Crippen LogP contribution < -0.4 is 5.32 Å². The molecule has 0 saturated carbocycles. The molecule has 90 valence electrons. The summed E-state index contributed by atoms with van der Waals surface area (Å²) >= 11 is 0. The zero-order valence-corrected chi connectivity index (χ0v) is 9.87. The van der Waals surface area contributed by atoms with Crippen molar-refractivity contribution in [3.05, 3.63) is 22.0 Å². The van der Waals surface area contributed by atoms with Crippen LogP contribution in [0.5, 0.6) is 0 Å². The second-order valence-electron chi connectivity index (χ2n) is 3.82. The van der Waals surface area contributed by atoms with Crippen molar-refractivity contribution >= 4 is 18.1 Å². The van der Waals surface area contributed by atoms with Crippen LogP contribution in [0.2, 0.25) is 0 Å². The van der Waals surface area contributed by atoms with E-state index in [0.29, 0.717) is 5.69 Å². The predicted molar refractivity (Wildman–Crippen MR) is 62.0 cm³/mol. The Morgan fingerprint density at radius 1 is 1.69 bits per heavy atom. The number of nitro groups is 1. The fraction of sp³-hybridized carbons (Fsp3) is 0.667. The van der Waals surface area contributed by atoms with E-state index in [-0.39, 0.29) is 29.1 Å². The average molecular weight is 247 g/mol. The fourth-order valence-corrected chi connectivity index (χ4v) is 2.00. The zero-order chi connectivity index (χ0) is 10.8. The topological polar surface area (TPSA) is 73.0 Å². The monoisotopic (exact) mass is 246 g/mol. The first-order valence-electron chi connectivity index (χ1n) is 5.09. The molecular weight excluding hydrogens is 232 g/mol. The molecule has 1 aliphatic heterocycles. The van der Waals surface area contributed by atoms with Crippen molar-refractivity contribution in [3.63, 3.8) is 0 Å². The standard InChI is InChI=1S/C9H14N4O2.ClH/c1-7-9(13(14)15)6-11-12(7)8-3-2-4-10-5-8;/h6,8,10H,2-5H2,1H3;1H/t8-;/m1./s1. The van der Waals surface area contributed by atoms with Gasteiger partial charge in [0.2, 0.25) is 0 Å². The van der Waals surface area contributed by atoms with E-state index in [1.54, 1.807) is 11.6 Å². The van der Waals surface area contributed by atoms with E-state index in [1.165, 1.54) is 6.20 Å². The highest BCUT2D eigenvalue weighted by molar-refractivity contribution is 5.85. The molecule has 1 aliphatic rings. The highest BCUT2D eigenvalue weighted by Crippen LogP contribution is 2.23. The molecular formula is C9H15ClN4O2. The number of hydrogen-bond donors (Lipinski definition) is 1. The maximum atomic E-state index is 10.7. The van der Waals surface area contributed by atoms with Gasteiger partial charge in [0.15, 0.2) is 0 Å². The summed E-state index contributed by atoms with van der Waals surface area (Å²) in [5.74, 6) is 0. The molecule has 7 heteroatoms. The summed E-state index contributed by atoms with van der Waals surface area (Å²) in [5.41, 5.74) is 0.759. The summed E-state index contributed by atoms with van der Waals surface area (Å²) in [6.45, 7) is 3.62. The average Bonchev–Trinajstić information content (AvgIpc) is 2.61. The first-order valence-corrected chi connectivity index (χ1v) is 5.09. The zero-order valence-electron chi connectivity index (χ0n) is 9.05. The second-order valence-corrected chi connectivity index (χ2v) is 3.82. The van der Waals surface area contributed by atoms with Gasteiger partial charge in [0.05, 0.1) is 11.0 Å². The SMILES string of the molecule is Cc1c([N+](=O)[O-])cnn1[C@@H]1CCCNC1.Cl. The molecule has 0 spiro atoms. The summed E-state index contributed by atoms with van der Waals surface area (Å²) in [7, 11) is 0. The Bertz CT molecular complexity index is 374. The maximum Gasteiger partial charge on any atom is 0.309 e. The van der Waals surface area contributed by atoms with Crippen LogP contribution in [0.1, 0.15) is 24.6 Å². The van der Waals surface area contributed by atoms with Gasteiger partial charge in [-0.3, -0.25) is 14.8 Å². The third kappa shape index (κ3) is 2.33. The normalized spacial score (nSPS) is 20.2. The van der Waals surface area contributed by atoms with Crippen LogP contribution in [-0.4, -0.2) is 27.8 Å². The quantitative estimate of drug-likeness (QED) is 0.633. The van der Waals surface area contributed by atoms with Gasteiger partial charge in [0.1, 0.15) is 11.9 Å². The van der Waals surface area contributed by atoms with Crippen LogP contribution in [-0.2, 0) is 0 Å². The van der Waals surface area contributed by atoms with Crippen molar-refractivity contribution < 1.29 is 4.92 Å². The second kappa shape index (κ2) is 5.27. The lowest BCUT2D eigenvalue weighted by molar-refractivity contribution is -0.385. The van der Waals surface area contributed by atoms with Crippen LogP contribution in [0.25, 0.3) is 0 Å². The van der Waals surface area contributed by atoms with Crippen LogP contribution in [0.4, 0.5) is 5.69 Å². The van der Waals surface area contributed by atoms with E-state index in [9.17, 15) is 10.1 Å². The molecule has 6 nitrogen and oxygen atoms in total. The van der Waals surface area contributed by atoms with E-state index in [0.717, 1.165) is 25.9 Å². The maximum absolute atomic E-state index is 10.7. The number of aromatic nitrogens is 2. The Hall–Kier alpha value is -1.14. The summed E-state index contributed by atoms with van der Waals surface area (Å²) < 4.78 is 1.77. The largest absolute Gasteiger partial charge is 0.315 e. The lowest BCUT2D eigenvalue weighted by Gasteiger charge is -2.23. The van der Waals surface area contributed by atoms with Gasteiger partial charge in [0.25, 0.3) is 0 Å². The lowest BCUT2D eigenvalue weighted by Crippen LogP contribution is -2.32. The summed E-state index contributed by atoms with van der Waals surface area (Å²) in [4.78, 5) is 10.3. The molecule has 1 aromatic rings. The van der Waals surface area contributed by atoms with Gasteiger partial charge in [-0.1, -0.05) is 0 Å². The number of hydrogen-bond acceptors (Lipinski definition) is 4. The molecule has 1 N–H and O–H groups in total. The van der Waals surface area contributed by atoms with Gasteiger partial charge in [-0.15, -0.1) is 12.4 Å². The molecule has 0 aromatic carbocycles. The van der Waals surface area contributed by atoms with Crippen LogP contribution >= 0.6 is 12.4 Å². The number of nitrogens with zero attached hydrogens (tertiary/aromatic N) is 3. The molecule has 1 aromatic heterocycles. The summed E-state index contributed by atoms with van der Waals surface area (Å²) in [6.07, 6.45) is 3.47. The highest BCUT2D eigenvalue weighted by Gasteiger charge is 2.22. The first-order chi connectivity index (χ1) is 7.20. The van der Waals surface area contributed by atoms with E-state index in [2.05, 4.69) is 10.4 Å². The minimum atomic E-state index is -0.380. The Morgan fingerprint density at radius 3 is 2.94 bits per heavy atom. The Morgan fingerprint density at radius 2 is 2.44 bits per heavy atom. The van der Waals surface area contributed by atoms with Gasteiger partial charge in [-0.05, 0) is 26.3 Å². The molecule has 2 heterocycles. The number of piperidine rings is 1. The van der Waals surface area contributed by atoms with E-state index in [1.807, 2.05) is 0 Å².